The normalized spacial score (nSPS) is 23.0. The monoisotopic (exact) mass is 226 g/mol. The Balaban J connectivity index is 1.95. The molecule has 0 spiro atoms. The molecule has 3 nitrogen and oxygen atoms in total. The largest absolute Gasteiger partial charge is 0.376 e. The topological polar surface area (TPSA) is 34.2 Å². The zero-order valence-electron chi connectivity index (χ0n) is 9.54. The average Bonchev–Trinajstić information content (AvgIpc) is 2.77. The lowest BCUT2D eigenvalue weighted by Gasteiger charge is -2.19. The van der Waals surface area contributed by atoms with E-state index in [9.17, 15) is 0 Å². The average molecular weight is 226 g/mol. The van der Waals surface area contributed by atoms with Gasteiger partial charge in [-0.3, -0.25) is 0 Å². The predicted octanol–water partition coefficient (Wildman–Crippen LogP) is 2.74. The van der Waals surface area contributed by atoms with Crippen LogP contribution in [0.15, 0.2) is 0 Å². The number of nitrogens with zero attached hydrogens (tertiary/aromatic N) is 1. The summed E-state index contributed by atoms with van der Waals surface area (Å²) in [5.74, 6) is 0. The van der Waals surface area contributed by atoms with Crippen LogP contribution in [0.2, 0.25) is 0 Å². The van der Waals surface area contributed by atoms with E-state index < -0.39 is 0 Å². The molecule has 0 radical (unpaired) electrons. The van der Waals surface area contributed by atoms with Crippen molar-refractivity contribution in [1.82, 2.24) is 4.98 Å². The molecule has 0 saturated carbocycles. The van der Waals surface area contributed by atoms with Crippen molar-refractivity contribution in [2.24, 2.45) is 0 Å². The van der Waals surface area contributed by atoms with Crippen LogP contribution in [-0.4, -0.2) is 23.7 Å². The lowest BCUT2D eigenvalue weighted by Crippen LogP contribution is -2.29. The minimum absolute atomic E-state index is 0.356. The van der Waals surface area contributed by atoms with Crippen molar-refractivity contribution in [1.29, 1.82) is 0 Å². The van der Waals surface area contributed by atoms with Gasteiger partial charge in [0, 0.05) is 11.5 Å². The van der Waals surface area contributed by atoms with Gasteiger partial charge in [-0.05, 0) is 33.6 Å². The van der Waals surface area contributed by atoms with E-state index in [2.05, 4.69) is 24.1 Å². The van der Waals surface area contributed by atoms with Crippen molar-refractivity contribution >= 4 is 16.5 Å². The van der Waals surface area contributed by atoms with E-state index in [1.807, 2.05) is 6.92 Å². The van der Waals surface area contributed by atoms with E-state index in [-0.39, 0.29) is 0 Å². The number of nitrogens with one attached hydrogen (secondary N) is 1. The standard InChI is InChI=1S/C11H18N2OS/c1-7-9(3)15-11(12-7)13-8(2)10-5-4-6-14-10/h8,10H,4-6H2,1-3H3,(H,12,13). The molecule has 0 aliphatic carbocycles. The van der Waals surface area contributed by atoms with Crippen LogP contribution in [-0.2, 0) is 4.74 Å². The molecule has 0 bridgehead atoms. The Morgan fingerprint density at radius 2 is 2.33 bits per heavy atom. The van der Waals surface area contributed by atoms with Crippen molar-refractivity contribution in [2.45, 2.75) is 45.8 Å². The summed E-state index contributed by atoms with van der Waals surface area (Å²) < 4.78 is 5.64. The highest BCUT2D eigenvalue weighted by molar-refractivity contribution is 7.15. The van der Waals surface area contributed by atoms with Crippen molar-refractivity contribution in [3.63, 3.8) is 0 Å². The van der Waals surface area contributed by atoms with Gasteiger partial charge in [0.05, 0.1) is 17.8 Å². The number of aryl methyl sites for hydroxylation is 2. The quantitative estimate of drug-likeness (QED) is 0.860. The van der Waals surface area contributed by atoms with Gasteiger partial charge in [-0.25, -0.2) is 4.98 Å². The molecular formula is C11H18N2OS. The van der Waals surface area contributed by atoms with Crippen LogP contribution in [0.1, 0.15) is 30.3 Å². The van der Waals surface area contributed by atoms with Crippen LogP contribution in [0, 0.1) is 13.8 Å². The maximum Gasteiger partial charge on any atom is 0.183 e. The molecule has 2 atom stereocenters. The molecule has 0 amide bonds. The Morgan fingerprint density at radius 3 is 2.87 bits per heavy atom. The summed E-state index contributed by atoms with van der Waals surface area (Å²) in [6, 6.07) is 0.359. The summed E-state index contributed by atoms with van der Waals surface area (Å²) in [5, 5.41) is 4.45. The van der Waals surface area contributed by atoms with Gasteiger partial charge >= 0.3 is 0 Å². The van der Waals surface area contributed by atoms with Gasteiger partial charge in [-0.1, -0.05) is 0 Å². The predicted molar refractivity (Wildman–Crippen MR) is 63.6 cm³/mol. The second kappa shape index (κ2) is 4.49. The van der Waals surface area contributed by atoms with Crippen molar-refractivity contribution in [2.75, 3.05) is 11.9 Å². The van der Waals surface area contributed by atoms with Crippen LogP contribution in [0.4, 0.5) is 5.13 Å². The molecule has 0 aromatic carbocycles. The maximum atomic E-state index is 5.64. The highest BCUT2D eigenvalue weighted by Gasteiger charge is 2.22. The van der Waals surface area contributed by atoms with Crippen LogP contribution >= 0.6 is 11.3 Å². The molecule has 1 aliphatic rings. The molecule has 2 heterocycles. The minimum Gasteiger partial charge on any atom is -0.376 e. The zero-order valence-corrected chi connectivity index (χ0v) is 10.4. The molecular weight excluding hydrogens is 208 g/mol. The molecule has 1 aromatic rings. The molecule has 1 aromatic heterocycles. The number of hydrogen-bond donors (Lipinski definition) is 1. The Morgan fingerprint density at radius 1 is 1.53 bits per heavy atom. The van der Waals surface area contributed by atoms with Crippen molar-refractivity contribution < 1.29 is 4.74 Å². The lowest BCUT2D eigenvalue weighted by molar-refractivity contribution is 0.0996. The first-order chi connectivity index (χ1) is 7.16. The molecule has 2 rings (SSSR count). The van der Waals surface area contributed by atoms with E-state index in [0.717, 1.165) is 23.9 Å². The Kier molecular flexibility index (Phi) is 3.26. The third kappa shape index (κ3) is 2.49. The van der Waals surface area contributed by atoms with Gasteiger partial charge in [0.25, 0.3) is 0 Å². The third-order valence-electron chi connectivity index (χ3n) is 2.90. The number of anilines is 1. The SMILES string of the molecule is Cc1nc(NC(C)C2CCCO2)sc1C. The number of aromatic nitrogens is 1. The van der Waals surface area contributed by atoms with Crippen molar-refractivity contribution in [3.8, 4) is 0 Å². The van der Waals surface area contributed by atoms with Gasteiger partial charge in [-0.2, -0.15) is 0 Å². The van der Waals surface area contributed by atoms with E-state index >= 15 is 0 Å². The highest BCUT2D eigenvalue weighted by atomic mass is 32.1. The van der Waals surface area contributed by atoms with E-state index in [0.29, 0.717) is 12.1 Å². The minimum atomic E-state index is 0.356. The number of hydrogen-bond acceptors (Lipinski definition) is 4. The molecule has 4 heteroatoms. The smallest absolute Gasteiger partial charge is 0.183 e. The first kappa shape index (κ1) is 10.9. The van der Waals surface area contributed by atoms with Crippen molar-refractivity contribution in [3.05, 3.63) is 10.6 Å². The van der Waals surface area contributed by atoms with E-state index in [1.165, 1.54) is 11.3 Å². The van der Waals surface area contributed by atoms with Gasteiger partial charge in [0.15, 0.2) is 5.13 Å². The second-order valence-corrected chi connectivity index (χ2v) is 5.35. The summed E-state index contributed by atoms with van der Waals surface area (Å²) in [5.41, 5.74) is 1.13. The fraction of sp³-hybridized carbons (Fsp3) is 0.727. The Hall–Kier alpha value is -0.610. The number of rotatable bonds is 3. The summed E-state index contributed by atoms with van der Waals surface area (Å²) in [7, 11) is 0. The Labute approximate surface area is 94.9 Å². The number of thiazole rings is 1. The van der Waals surface area contributed by atoms with Crippen LogP contribution in [0.3, 0.4) is 0 Å². The molecule has 1 fully saturated rings. The fourth-order valence-corrected chi connectivity index (χ4v) is 2.73. The third-order valence-corrected chi connectivity index (χ3v) is 3.91. The van der Waals surface area contributed by atoms with Gasteiger partial charge in [0.1, 0.15) is 0 Å². The van der Waals surface area contributed by atoms with Crippen LogP contribution in [0.25, 0.3) is 0 Å². The van der Waals surface area contributed by atoms with Gasteiger partial charge in [-0.15, -0.1) is 11.3 Å². The first-order valence-electron chi connectivity index (χ1n) is 5.49. The highest BCUT2D eigenvalue weighted by Crippen LogP contribution is 2.24. The van der Waals surface area contributed by atoms with Crippen LogP contribution < -0.4 is 5.32 Å². The van der Waals surface area contributed by atoms with Gasteiger partial charge < -0.3 is 10.1 Å². The molecule has 1 aliphatic heterocycles. The van der Waals surface area contributed by atoms with E-state index in [4.69, 9.17) is 4.74 Å². The molecule has 84 valence electrons. The Bertz CT molecular complexity index is 312. The maximum absolute atomic E-state index is 5.64. The molecule has 1 N–H and O–H groups in total. The summed E-state index contributed by atoms with van der Waals surface area (Å²) in [6.45, 7) is 7.23. The summed E-state index contributed by atoms with van der Waals surface area (Å²) >= 11 is 1.72. The summed E-state index contributed by atoms with van der Waals surface area (Å²) in [6.07, 6.45) is 2.71. The van der Waals surface area contributed by atoms with Gasteiger partial charge in [0.2, 0.25) is 0 Å². The van der Waals surface area contributed by atoms with Crippen LogP contribution in [0.5, 0.6) is 0 Å². The summed E-state index contributed by atoms with van der Waals surface area (Å²) in [4.78, 5) is 5.76. The molecule has 1 saturated heterocycles. The lowest BCUT2D eigenvalue weighted by atomic mass is 10.1. The van der Waals surface area contributed by atoms with E-state index in [1.54, 1.807) is 11.3 Å². The molecule has 15 heavy (non-hydrogen) atoms. The number of ether oxygens (including phenoxy) is 1. The zero-order chi connectivity index (χ0) is 10.8. The fourth-order valence-electron chi connectivity index (χ4n) is 1.82. The second-order valence-electron chi connectivity index (χ2n) is 4.15. The molecule has 2 unspecified atom stereocenters. The first-order valence-corrected chi connectivity index (χ1v) is 6.30.